The first-order valence-electron chi connectivity index (χ1n) is 9.87. The summed E-state index contributed by atoms with van der Waals surface area (Å²) >= 11 is 0. The normalized spacial score (nSPS) is 17.2. The summed E-state index contributed by atoms with van der Waals surface area (Å²) in [6, 6.07) is 9.31. The third-order valence-corrected chi connectivity index (χ3v) is 4.89. The van der Waals surface area contributed by atoms with Crippen LogP contribution in [-0.2, 0) is 20.8 Å². The van der Waals surface area contributed by atoms with Gasteiger partial charge in [-0.2, -0.15) is 0 Å². The first-order valence-corrected chi connectivity index (χ1v) is 9.87. The second kappa shape index (κ2) is 9.61. The molecule has 0 radical (unpaired) electrons. The molecule has 6 nitrogen and oxygen atoms in total. The molecule has 2 aromatic rings. The van der Waals surface area contributed by atoms with Gasteiger partial charge in [0.1, 0.15) is 17.7 Å². The molecule has 2 aromatic carbocycles. The van der Waals surface area contributed by atoms with Gasteiger partial charge < -0.3 is 11.1 Å². The van der Waals surface area contributed by atoms with Crippen LogP contribution in [0.2, 0.25) is 0 Å². The van der Waals surface area contributed by atoms with Crippen LogP contribution in [0.3, 0.4) is 0 Å². The molecule has 0 aromatic heterocycles. The number of carbonyl (C=O) groups is 3. The van der Waals surface area contributed by atoms with Gasteiger partial charge in [-0.3, -0.25) is 19.3 Å². The van der Waals surface area contributed by atoms with Gasteiger partial charge in [0.05, 0.1) is 12.5 Å². The van der Waals surface area contributed by atoms with E-state index in [9.17, 15) is 23.2 Å². The molecule has 8 heteroatoms. The molecule has 3 amide bonds. The number of benzene rings is 2. The van der Waals surface area contributed by atoms with E-state index in [2.05, 4.69) is 5.32 Å². The molecule has 0 saturated carbocycles. The zero-order chi connectivity index (χ0) is 22.5. The fraction of sp³-hybridized carbons (Fsp3) is 0.261. The monoisotopic (exact) mass is 427 g/mol. The van der Waals surface area contributed by atoms with Crippen molar-refractivity contribution in [3.05, 3.63) is 77.4 Å². The number of rotatable bonds is 5. The highest BCUT2D eigenvalue weighted by Crippen LogP contribution is 2.26. The molecule has 31 heavy (non-hydrogen) atoms. The summed E-state index contributed by atoms with van der Waals surface area (Å²) in [5.74, 6) is -3.75. The SMILES string of the molecule is C[C@H](N)C(=O)N(C(=O)Cc1cc(F)cc(F)c1)[C@@H]1C(=O)NCCC=C1c1ccccc1. The van der Waals surface area contributed by atoms with Gasteiger partial charge in [0.2, 0.25) is 17.7 Å². The number of amides is 3. The third kappa shape index (κ3) is 5.21. The summed E-state index contributed by atoms with van der Waals surface area (Å²) in [5, 5.41) is 2.71. The van der Waals surface area contributed by atoms with Crippen LogP contribution in [0.1, 0.15) is 24.5 Å². The van der Waals surface area contributed by atoms with Crippen molar-refractivity contribution in [3.63, 3.8) is 0 Å². The van der Waals surface area contributed by atoms with Crippen molar-refractivity contribution in [2.45, 2.75) is 31.8 Å². The second-order valence-electron chi connectivity index (χ2n) is 7.35. The van der Waals surface area contributed by atoms with Crippen molar-refractivity contribution < 1.29 is 23.2 Å². The van der Waals surface area contributed by atoms with E-state index in [-0.39, 0.29) is 5.56 Å². The number of nitrogens with two attached hydrogens (primary N) is 1. The van der Waals surface area contributed by atoms with Gasteiger partial charge in [-0.25, -0.2) is 8.78 Å². The summed E-state index contributed by atoms with van der Waals surface area (Å²) < 4.78 is 27.2. The van der Waals surface area contributed by atoms with E-state index < -0.39 is 47.9 Å². The van der Waals surface area contributed by atoms with Crippen molar-refractivity contribution in [2.24, 2.45) is 5.73 Å². The molecule has 0 spiro atoms. The Morgan fingerprint density at radius 3 is 2.42 bits per heavy atom. The van der Waals surface area contributed by atoms with Gasteiger partial charge in [-0.15, -0.1) is 0 Å². The van der Waals surface area contributed by atoms with Crippen LogP contribution in [0, 0.1) is 11.6 Å². The first-order chi connectivity index (χ1) is 14.8. The molecule has 3 rings (SSSR count). The Labute approximate surface area is 178 Å². The topological polar surface area (TPSA) is 92.5 Å². The van der Waals surface area contributed by atoms with Crippen LogP contribution in [-0.4, -0.2) is 41.2 Å². The van der Waals surface area contributed by atoms with Crippen molar-refractivity contribution in [1.29, 1.82) is 0 Å². The molecular weight excluding hydrogens is 404 g/mol. The molecule has 1 heterocycles. The standard InChI is InChI=1S/C23H23F2N3O3/c1-14(26)23(31)28(20(29)12-15-10-17(24)13-18(25)11-15)21-19(8-5-9-27-22(21)30)16-6-3-2-4-7-16/h2-4,6-8,10-11,13-14,21H,5,9,12,26H2,1H3,(H,27,30)/t14-,21-/m0/s1. The maximum absolute atomic E-state index is 13.6. The molecule has 1 aliphatic rings. The van der Waals surface area contributed by atoms with Crippen molar-refractivity contribution >= 4 is 23.3 Å². The fourth-order valence-corrected chi connectivity index (χ4v) is 3.52. The minimum Gasteiger partial charge on any atom is -0.354 e. The number of carbonyl (C=O) groups excluding carboxylic acids is 3. The number of imide groups is 1. The number of hydrogen-bond donors (Lipinski definition) is 2. The van der Waals surface area contributed by atoms with Crippen molar-refractivity contribution in [3.8, 4) is 0 Å². The Hall–Kier alpha value is -3.39. The Morgan fingerprint density at radius 2 is 1.81 bits per heavy atom. The highest BCUT2D eigenvalue weighted by molar-refractivity contribution is 6.08. The van der Waals surface area contributed by atoms with E-state index in [0.29, 0.717) is 30.2 Å². The lowest BCUT2D eigenvalue weighted by molar-refractivity contribution is -0.150. The summed E-state index contributed by atoms with van der Waals surface area (Å²) in [6.07, 6.45) is 1.84. The van der Waals surface area contributed by atoms with Crippen LogP contribution < -0.4 is 11.1 Å². The molecule has 2 atom stereocenters. The third-order valence-electron chi connectivity index (χ3n) is 4.89. The first kappa shape index (κ1) is 22.3. The Morgan fingerprint density at radius 1 is 1.16 bits per heavy atom. The van der Waals surface area contributed by atoms with Crippen molar-refractivity contribution in [2.75, 3.05) is 6.54 Å². The van der Waals surface area contributed by atoms with E-state index in [1.807, 2.05) is 6.07 Å². The highest BCUT2D eigenvalue weighted by Gasteiger charge is 2.39. The van der Waals surface area contributed by atoms with Gasteiger partial charge in [0.15, 0.2) is 0 Å². The molecule has 0 aliphatic carbocycles. The Bertz CT molecular complexity index is 1000. The number of nitrogens with zero attached hydrogens (tertiary/aromatic N) is 1. The molecule has 0 fully saturated rings. The summed E-state index contributed by atoms with van der Waals surface area (Å²) in [6.45, 7) is 1.75. The molecule has 0 bridgehead atoms. The van der Waals surface area contributed by atoms with Gasteiger partial charge in [0, 0.05) is 12.6 Å². The number of nitrogens with one attached hydrogen (secondary N) is 1. The minimum atomic E-state index is -1.26. The van der Waals surface area contributed by atoms with Crippen LogP contribution in [0.4, 0.5) is 8.78 Å². The summed E-state index contributed by atoms with van der Waals surface area (Å²) in [4.78, 5) is 40.0. The van der Waals surface area contributed by atoms with E-state index in [1.165, 1.54) is 6.92 Å². The van der Waals surface area contributed by atoms with E-state index in [4.69, 9.17) is 5.73 Å². The lowest BCUT2D eigenvalue weighted by Crippen LogP contribution is -2.56. The highest BCUT2D eigenvalue weighted by atomic mass is 19.1. The number of halogens is 2. The zero-order valence-electron chi connectivity index (χ0n) is 17.0. The van der Waals surface area contributed by atoms with Crippen LogP contribution in [0.25, 0.3) is 5.57 Å². The second-order valence-corrected chi connectivity index (χ2v) is 7.35. The fourth-order valence-electron chi connectivity index (χ4n) is 3.52. The van der Waals surface area contributed by atoms with Gasteiger partial charge >= 0.3 is 0 Å². The smallest absolute Gasteiger partial charge is 0.247 e. The molecule has 1 aliphatic heterocycles. The van der Waals surface area contributed by atoms with E-state index >= 15 is 0 Å². The lowest BCUT2D eigenvalue weighted by atomic mass is 9.95. The number of hydrogen-bond acceptors (Lipinski definition) is 4. The molecule has 3 N–H and O–H groups in total. The zero-order valence-corrected chi connectivity index (χ0v) is 17.0. The molecule has 0 unspecified atom stereocenters. The van der Waals surface area contributed by atoms with Gasteiger partial charge in [0.25, 0.3) is 0 Å². The maximum atomic E-state index is 13.6. The Balaban J connectivity index is 2.05. The molecular formula is C23H23F2N3O3. The van der Waals surface area contributed by atoms with E-state index in [0.717, 1.165) is 17.0 Å². The largest absolute Gasteiger partial charge is 0.354 e. The van der Waals surface area contributed by atoms with E-state index in [1.54, 1.807) is 30.3 Å². The predicted molar refractivity (Wildman–Crippen MR) is 111 cm³/mol. The maximum Gasteiger partial charge on any atom is 0.247 e. The van der Waals surface area contributed by atoms with Crippen LogP contribution in [0.15, 0.2) is 54.6 Å². The summed E-state index contributed by atoms with van der Waals surface area (Å²) in [5.41, 5.74) is 6.99. The predicted octanol–water partition coefficient (Wildman–Crippen LogP) is 2.18. The minimum absolute atomic E-state index is 0.0456. The van der Waals surface area contributed by atoms with Crippen LogP contribution >= 0.6 is 0 Å². The van der Waals surface area contributed by atoms with Crippen molar-refractivity contribution in [1.82, 2.24) is 10.2 Å². The van der Waals surface area contributed by atoms with Gasteiger partial charge in [-0.1, -0.05) is 36.4 Å². The average Bonchev–Trinajstić information content (AvgIpc) is 2.90. The summed E-state index contributed by atoms with van der Waals surface area (Å²) in [7, 11) is 0. The van der Waals surface area contributed by atoms with Gasteiger partial charge in [-0.05, 0) is 42.2 Å². The average molecular weight is 427 g/mol. The lowest BCUT2D eigenvalue weighted by Gasteiger charge is -2.31. The Kier molecular flexibility index (Phi) is 6.91. The quantitative estimate of drug-likeness (QED) is 0.765. The van der Waals surface area contributed by atoms with Crippen LogP contribution in [0.5, 0.6) is 0 Å². The molecule has 162 valence electrons. The molecule has 0 saturated heterocycles.